The molecule has 0 atom stereocenters. The van der Waals surface area contributed by atoms with Gasteiger partial charge in [-0.15, -0.1) is 0 Å². The molecule has 0 aliphatic rings. The van der Waals surface area contributed by atoms with Crippen LogP contribution in [0.1, 0.15) is 11.1 Å². The van der Waals surface area contributed by atoms with Gasteiger partial charge in [-0.1, -0.05) is 36.4 Å². The molecular formula is C13H16O2Si2. The lowest BCUT2D eigenvalue weighted by Gasteiger charge is -2.11. The molecule has 0 saturated heterocycles. The first-order valence-corrected chi connectivity index (χ1v) is 7.22. The van der Waals surface area contributed by atoms with E-state index in [9.17, 15) is 0 Å². The number of hydrogen-bond acceptors (Lipinski definition) is 2. The Morgan fingerprint density at radius 1 is 0.706 bits per heavy atom. The van der Waals surface area contributed by atoms with Crippen LogP contribution in [-0.2, 0) is 6.42 Å². The predicted octanol–water partition coefficient (Wildman–Crippen LogP) is 0.596. The van der Waals surface area contributed by atoms with Crippen LogP contribution >= 0.6 is 0 Å². The molecule has 0 unspecified atom stereocenters. The molecule has 4 heteroatoms. The normalized spacial score (nSPS) is 10.4. The zero-order chi connectivity index (χ0) is 12.1. The monoisotopic (exact) mass is 260 g/mol. The van der Waals surface area contributed by atoms with E-state index in [0.29, 0.717) is 21.0 Å². The quantitative estimate of drug-likeness (QED) is 0.750. The molecule has 0 radical (unpaired) electrons. The van der Waals surface area contributed by atoms with E-state index >= 15 is 0 Å². The molecule has 2 rings (SSSR count). The SMILES string of the molecule is [SiH3]Oc1ccccc1Cc1ccccc1O[SiH3]. The molecule has 0 bridgehead atoms. The van der Waals surface area contributed by atoms with Crippen LogP contribution in [0.15, 0.2) is 48.5 Å². The van der Waals surface area contributed by atoms with E-state index in [0.717, 1.165) is 17.9 Å². The zero-order valence-corrected chi connectivity index (χ0v) is 14.1. The highest BCUT2D eigenvalue weighted by atomic mass is 28.2. The molecule has 0 N–H and O–H groups in total. The number of para-hydroxylation sites is 2. The van der Waals surface area contributed by atoms with Gasteiger partial charge in [-0.3, -0.25) is 0 Å². The largest absolute Gasteiger partial charge is 0.553 e. The summed E-state index contributed by atoms with van der Waals surface area (Å²) in [5, 5.41) is 0. The first-order valence-electron chi connectivity index (χ1n) is 5.59. The first-order chi connectivity index (χ1) is 8.35. The van der Waals surface area contributed by atoms with Gasteiger partial charge in [0.15, 0.2) is 0 Å². The lowest BCUT2D eigenvalue weighted by molar-refractivity contribution is 0.598. The summed E-state index contributed by atoms with van der Waals surface area (Å²) in [5.74, 6) is 1.98. The highest BCUT2D eigenvalue weighted by Crippen LogP contribution is 2.25. The van der Waals surface area contributed by atoms with Crippen LogP contribution in [0.25, 0.3) is 0 Å². The van der Waals surface area contributed by atoms with E-state index in [1.807, 2.05) is 36.4 Å². The Bertz CT molecular complexity index is 455. The Kier molecular flexibility index (Phi) is 4.00. The highest BCUT2D eigenvalue weighted by Gasteiger charge is 2.06. The molecule has 88 valence electrons. The molecule has 0 spiro atoms. The standard InChI is InChI=1S/C13H16O2Si2/c16-14-12-7-3-1-5-10(12)9-11-6-2-4-8-13(11)15-17/h1-8H,9H2,16-17H3. The Morgan fingerprint density at radius 3 is 1.53 bits per heavy atom. The molecule has 0 fully saturated rings. The number of benzene rings is 2. The van der Waals surface area contributed by atoms with Crippen LogP contribution in [0, 0.1) is 0 Å². The van der Waals surface area contributed by atoms with E-state index in [1.165, 1.54) is 11.1 Å². The molecule has 2 nitrogen and oxygen atoms in total. The summed E-state index contributed by atoms with van der Waals surface area (Å²) in [6, 6.07) is 16.4. The molecular weight excluding hydrogens is 244 g/mol. The van der Waals surface area contributed by atoms with Gasteiger partial charge in [-0.2, -0.15) is 0 Å². The third-order valence-electron chi connectivity index (χ3n) is 2.77. The number of hydrogen-bond donors (Lipinski definition) is 0. The fourth-order valence-electron chi connectivity index (χ4n) is 1.90. The minimum Gasteiger partial charge on any atom is -0.553 e. The van der Waals surface area contributed by atoms with Gasteiger partial charge in [0.25, 0.3) is 0 Å². The Hall–Kier alpha value is -1.53. The van der Waals surface area contributed by atoms with Crippen molar-refractivity contribution < 1.29 is 8.85 Å². The fourth-order valence-corrected chi connectivity index (χ4v) is 2.70. The van der Waals surface area contributed by atoms with Crippen molar-refractivity contribution in [3.8, 4) is 11.5 Å². The van der Waals surface area contributed by atoms with Crippen molar-refractivity contribution in [1.29, 1.82) is 0 Å². The average Bonchev–Trinajstić information content (AvgIpc) is 2.40. The molecule has 0 aromatic heterocycles. The van der Waals surface area contributed by atoms with Crippen molar-refractivity contribution in [1.82, 2.24) is 0 Å². The summed E-state index contributed by atoms with van der Waals surface area (Å²) in [4.78, 5) is 0. The van der Waals surface area contributed by atoms with Crippen molar-refractivity contribution in [2.45, 2.75) is 6.42 Å². The van der Waals surface area contributed by atoms with Crippen molar-refractivity contribution in [2.75, 3.05) is 0 Å². The fraction of sp³-hybridized carbons (Fsp3) is 0.0769. The van der Waals surface area contributed by atoms with Gasteiger partial charge < -0.3 is 8.85 Å². The summed E-state index contributed by atoms with van der Waals surface area (Å²) in [6.07, 6.45) is 0.858. The zero-order valence-electron chi connectivity index (χ0n) is 10.1. The maximum atomic E-state index is 5.50. The highest BCUT2D eigenvalue weighted by molar-refractivity contribution is 6.00. The van der Waals surface area contributed by atoms with Crippen LogP contribution in [0.3, 0.4) is 0 Å². The summed E-state index contributed by atoms with van der Waals surface area (Å²) in [6.45, 7) is 0. The maximum absolute atomic E-state index is 5.50. The lowest BCUT2D eigenvalue weighted by Crippen LogP contribution is -1.97. The maximum Gasteiger partial charge on any atom is 0.204 e. The van der Waals surface area contributed by atoms with E-state index in [4.69, 9.17) is 8.85 Å². The second-order valence-corrected chi connectivity index (χ2v) is 4.62. The second kappa shape index (κ2) is 5.70. The third kappa shape index (κ3) is 2.78. The summed E-state index contributed by atoms with van der Waals surface area (Å²) in [7, 11) is 1.43. The second-order valence-electron chi connectivity index (χ2n) is 3.80. The van der Waals surface area contributed by atoms with Crippen molar-refractivity contribution >= 4 is 21.0 Å². The van der Waals surface area contributed by atoms with Gasteiger partial charge in [0.1, 0.15) is 11.5 Å². The molecule has 0 saturated carbocycles. The molecule has 2 aromatic carbocycles. The van der Waals surface area contributed by atoms with E-state index in [1.54, 1.807) is 0 Å². The van der Waals surface area contributed by atoms with Gasteiger partial charge >= 0.3 is 0 Å². The summed E-state index contributed by atoms with van der Waals surface area (Å²) in [5.41, 5.74) is 2.43. The van der Waals surface area contributed by atoms with Crippen LogP contribution in [0.5, 0.6) is 11.5 Å². The molecule has 2 aromatic rings. The van der Waals surface area contributed by atoms with Gasteiger partial charge in [0.05, 0.1) is 0 Å². The van der Waals surface area contributed by atoms with Crippen LogP contribution in [0.2, 0.25) is 0 Å². The topological polar surface area (TPSA) is 18.5 Å². The average molecular weight is 260 g/mol. The minimum absolute atomic E-state index is 0.717. The van der Waals surface area contributed by atoms with Crippen LogP contribution in [0.4, 0.5) is 0 Å². The predicted molar refractivity (Wildman–Crippen MR) is 76.8 cm³/mol. The number of rotatable bonds is 4. The van der Waals surface area contributed by atoms with E-state index in [2.05, 4.69) is 12.1 Å². The summed E-state index contributed by atoms with van der Waals surface area (Å²) >= 11 is 0. The summed E-state index contributed by atoms with van der Waals surface area (Å²) < 4.78 is 11.0. The molecule has 17 heavy (non-hydrogen) atoms. The minimum atomic E-state index is 0.717. The van der Waals surface area contributed by atoms with Gasteiger partial charge in [0.2, 0.25) is 21.0 Å². The Balaban J connectivity index is 2.31. The van der Waals surface area contributed by atoms with E-state index < -0.39 is 0 Å². The smallest absolute Gasteiger partial charge is 0.204 e. The molecule has 0 aliphatic carbocycles. The van der Waals surface area contributed by atoms with E-state index in [-0.39, 0.29) is 0 Å². The first kappa shape index (κ1) is 11.9. The van der Waals surface area contributed by atoms with Crippen molar-refractivity contribution in [3.63, 3.8) is 0 Å². The van der Waals surface area contributed by atoms with Crippen molar-refractivity contribution in [3.05, 3.63) is 59.7 Å². The molecule has 0 amide bonds. The Labute approximate surface area is 108 Å². The van der Waals surface area contributed by atoms with Crippen molar-refractivity contribution in [2.24, 2.45) is 0 Å². The van der Waals surface area contributed by atoms with Crippen LogP contribution < -0.4 is 8.85 Å². The molecule has 0 aliphatic heterocycles. The van der Waals surface area contributed by atoms with Gasteiger partial charge in [-0.05, 0) is 23.3 Å². The van der Waals surface area contributed by atoms with Gasteiger partial charge in [0, 0.05) is 6.42 Å². The van der Waals surface area contributed by atoms with Crippen LogP contribution in [-0.4, -0.2) is 21.0 Å². The van der Waals surface area contributed by atoms with Gasteiger partial charge in [-0.25, -0.2) is 0 Å². The lowest BCUT2D eigenvalue weighted by atomic mass is 10.0. The third-order valence-corrected chi connectivity index (χ3v) is 3.65. The molecule has 0 heterocycles. The Morgan fingerprint density at radius 2 is 1.12 bits per heavy atom.